The Bertz CT molecular complexity index is 253. The van der Waals surface area contributed by atoms with Crippen LogP contribution in [0.25, 0.3) is 0 Å². The molecule has 0 aliphatic carbocycles. The number of carboxylic acids is 1. The number of carboxylic acid groups (broad SMARTS) is 1. The third kappa shape index (κ3) is 3.41. The molecule has 1 saturated heterocycles. The number of hydrogen-bond acceptors (Lipinski definition) is 2. The Morgan fingerprint density at radius 2 is 2.29 bits per heavy atom. The van der Waals surface area contributed by atoms with Crippen LogP contribution in [0.15, 0.2) is 12.2 Å². The summed E-state index contributed by atoms with van der Waals surface area (Å²) >= 11 is 0. The van der Waals surface area contributed by atoms with E-state index in [0.717, 1.165) is 6.08 Å². The first kappa shape index (κ1) is 11.1. The molecule has 0 aromatic rings. The fourth-order valence-electron chi connectivity index (χ4n) is 1.72. The lowest BCUT2D eigenvalue weighted by Gasteiger charge is -2.33. The van der Waals surface area contributed by atoms with Gasteiger partial charge in [0.05, 0.1) is 6.54 Å². The summed E-state index contributed by atoms with van der Waals surface area (Å²) in [7, 11) is 1.61. The van der Waals surface area contributed by atoms with E-state index in [9.17, 15) is 13.6 Å². The molecule has 1 rings (SSSR count). The molecule has 0 amide bonds. The van der Waals surface area contributed by atoms with Crippen molar-refractivity contribution in [3.63, 3.8) is 0 Å². The van der Waals surface area contributed by atoms with E-state index in [1.165, 1.54) is 11.0 Å². The minimum atomic E-state index is -2.71. The van der Waals surface area contributed by atoms with Crippen LogP contribution >= 0.6 is 0 Å². The van der Waals surface area contributed by atoms with Crippen molar-refractivity contribution in [1.82, 2.24) is 4.90 Å². The number of rotatable bonds is 2. The number of alkyl halides is 2. The molecule has 0 bridgehead atoms. The Hall–Kier alpha value is -0.970. The van der Waals surface area contributed by atoms with E-state index >= 15 is 0 Å². The Morgan fingerprint density at radius 3 is 2.79 bits per heavy atom. The largest absolute Gasteiger partial charge is 0.478 e. The van der Waals surface area contributed by atoms with E-state index in [-0.39, 0.29) is 18.9 Å². The van der Waals surface area contributed by atoms with Gasteiger partial charge in [0.25, 0.3) is 5.92 Å². The SMILES string of the molecule is CN1CC(/C=C/C(=O)O)CC(F)(F)C1. The van der Waals surface area contributed by atoms with Crippen LogP contribution < -0.4 is 0 Å². The molecule has 0 aromatic carbocycles. The quantitative estimate of drug-likeness (QED) is 0.689. The highest BCUT2D eigenvalue weighted by Gasteiger charge is 2.37. The van der Waals surface area contributed by atoms with Crippen LogP contribution in [0.1, 0.15) is 6.42 Å². The molecular weight excluding hydrogens is 192 g/mol. The van der Waals surface area contributed by atoms with Crippen molar-refractivity contribution in [2.45, 2.75) is 12.3 Å². The van der Waals surface area contributed by atoms with Gasteiger partial charge in [0.2, 0.25) is 0 Å². The third-order valence-corrected chi connectivity index (χ3v) is 2.12. The van der Waals surface area contributed by atoms with Crippen LogP contribution in [0.3, 0.4) is 0 Å². The lowest BCUT2D eigenvalue weighted by molar-refractivity contribution is -0.131. The van der Waals surface area contributed by atoms with E-state index in [0.29, 0.717) is 6.54 Å². The minimum absolute atomic E-state index is 0.246. The van der Waals surface area contributed by atoms with Crippen molar-refractivity contribution in [2.24, 2.45) is 5.92 Å². The van der Waals surface area contributed by atoms with Gasteiger partial charge in [-0.1, -0.05) is 6.08 Å². The highest BCUT2D eigenvalue weighted by molar-refractivity contribution is 5.79. The van der Waals surface area contributed by atoms with Gasteiger partial charge in [0.1, 0.15) is 0 Å². The van der Waals surface area contributed by atoms with E-state index < -0.39 is 11.9 Å². The van der Waals surface area contributed by atoms with Gasteiger partial charge in [-0.15, -0.1) is 0 Å². The lowest BCUT2D eigenvalue weighted by Crippen LogP contribution is -2.44. The summed E-state index contributed by atoms with van der Waals surface area (Å²) in [5, 5.41) is 8.35. The van der Waals surface area contributed by atoms with Gasteiger partial charge in [0.15, 0.2) is 0 Å². The Kier molecular flexibility index (Phi) is 3.21. The Balaban J connectivity index is 2.58. The lowest BCUT2D eigenvalue weighted by atomic mass is 9.95. The van der Waals surface area contributed by atoms with E-state index in [4.69, 9.17) is 5.11 Å². The highest BCUT2D eigenvalue weighted by Crippen LogP contribution is 2.30. The summed E-state index contributed by atoms with van der Waals surface area (Å²) < 4.78 is 26.0. The second-order valence-corrected chi connectivity index (χ2v) is 3.71. The molecule has 3 nitrogen and oxygen atoms in total. The maximum atomic E-state index is 13.0. The molecule has 5 heteroatoms. The van der Waals surface area contributed by atoms with Crippen LogP contribution in [0.5, 0.6) is 0 Å². The number of hydrogen-bond donors (Lipinski definition) is 1. The number of likely N-dealkylation sites (tertiary alicyclic amines) is 1. The summed E-state index contributed by atoms with van der Waals surface area (Å²) in [6.07, 6.45) is 2.01. The molecule has 1 aliphatic heterocycles. The van der Waals surface area contributed by atoms with Crippen molar-refractivity contribution in [3.8, 4) is 0 Å². The summed E-state index contributed by atoms with van der Waals surface area (Å²) in [4.78, 5) is 11.7. The Labute approximate surface area is 81.0 Å². The average Bonchev–Trinajstić information content (AvgIpc) is 1.96. The fourth-order valence-corrected chi connectivity index (χ4v) is 1.72. The topological polar surface area (TPSA) is 40.5 Å². The number of carbonyl (C=O) groups is 1. The van der Waals surface area contributed by atoms with Crippen LogP contribution in [-0.2, 0) is 4.79 Å². The summed E-state index contributed by atoms with van der Waals surface area (Å²) in [6.45, 7) is 0.240. The van der Waals surface area contributed by atoms with Crippen LogP contribution in [0, 0.1) is 5.92 Å². The van der Waals surface area contributed by atoms with E-state index in [1.54, 1.807) is 7.05 Å². The van der Waals surface area contributed by atoms with Gasteiger partial charge in [-0.3, -0.25) is 4.90 Å². The molecule has 80 valence electrons. The van der Waals surface area contributed by atoms with Crippen molar-refractivity contribution in [1.29, 1.82) is 0 Å². The van der Waals surface area contributed by atoms with Gasteiger partial charge < -0.3 is 5.11 Å². The molecule has 0 saturated carbocycles. The number of aliphatic carboxylic acids is 1. The molecule has 1 N–H and O–H groups in total. The minimum Gasteiger partial charge on any atom is -0.478 e. The Morgan fingerprint density at radius 1 is 1.64 bits per heavy atom. The highest BCUT2D eigenvalue weighted by atomic mass is 19.3. The summed E-state index contributed by atoms with van der Waals surface area (Å²) in [6, 6.07) is 0. The van der Waals surface area contributed by atoms with Crippen molar-refractivity contribution >= 4 is 5.97 Å². The fraction of sp³-hybridized carbons (Fsp3) is 0.667. The van der Waals surface area contributed by atoms with Crippen LogP contribution in [-0.4, -0.2) is 42.0 Å². The zero-order valence-electron chi connectivity index (χ0n) is 7.91. The number of halogens is 2. The van der Waals surface area contributed by atoms with Gasteiger partial charge in [-0.25, -0.2) is 13.6 Å². The third-order valence-electron chi connectivity index (χ3n) is 2.12. The zero-order chi connectivity index (χ0) is 10.8. The standard InChI is InChI=1S/C9H13F2NO2/c1-12-5-7(2-3-8(13)14)4-9(10,11)6-12/h2-3,7H,4-6H2,1H3,(H,13,14)/b3-2+. The molecule has 0 spiro atoms. The molecular formula is C9H13F2NO2. The average molecular weight is 205 g/mol. The maximum absolute atomic E-state index is 13.0. The normalized spacial score (nSPS) is 28.1. The van der Waals surface area contributed by atoms with Gasteiger partial charge in [-0.2, -0.15) is 0 Å². The predicted octanol–water partition coefficient (Wildman–Crippen LogP) is 1.21. The number of nitrogens with zero attached hydrogens (tertiary/aromatic N) is 1. The molecule has 1 heterocycles. The van der Waals surface area contributed by atoms with Crippen molar-refractivity contribution in [2.75, 3.05) is 20.1 Å². The maximum Gasteiger partial charge on any atom is 0.327 e. The van der Waals surface area contributed by atoms with Crippen molar-refractivity contribution in [3.05, 3.63) is 12.2 Å². The summed E-state index contributed by atoms with van der Waals surface area (Å²) in [5.74, 6) is -4.18. The van der Waals surface area contributed by atoms with Gasteiger partial charge in [-0.05, 0) is 13.0 Å². The van der Waals surface area contributed by atoms with E-state index in [2.05, 4.69) is 0 Å². The first-order chi connectivity index (χ1) is 6.39. The zero-order valence-corrected chi connectivity index (χ0v) is 7.91. The predicted molar refractivity (Wildman–Crippen MR) is 47.3 cm³/mol. The van der Waals surface area contributed by atoms with Gasteiger partial charge >= 0.3 is 5.97 Å². The molecule has 1 aliphatic rings. The molecule has 14 heavy (non-hydrogen) atoms. The molecule has 0 radical (unpaired) electrons. The first-order valence-corrected chi connectivity index (χ1v) is 4.36. The second-order valence-electron chi connectivity index (χ2n) is 3.71. The monoisotopic (exact) mass is 205 g/mol. The van der Waals surface area contributed by atoms with Crippen LogP contribution in [0.2, 0.25) is 0 Å². The van der Waals surface area contributed by atoms with Gasteiger partial charge in [0, 0.05) is 19.0 Å². The van der Waals surface area contributed by atoms with E-state index in [1.807, 2.05) is 0 Å². The smallest absolute Gasteiger partial charge is 0.327 e. The first-order valence-electron chi connectivity index (χ1n) is 4.36. The molecule has 1 atom stereocenters. The molecule has 1 unspecified atom stereocenters. The second kappa shape index (κ2) is 4.04. The number of piperidine rings is 1. The molecule has 1 fully saturated rings. The molecule has 0 aromatic heterocycles. The van der Waals surface area contributed by atoms with Crippen molar-refractivity contribution < 1.29 is 18.7 Å². The summed E-state index contributed by atoms with van der Waals surface area (Å²) in [5.41, 5.74) is 0. The van der Waals surface area contributed by atoms with Crippen LogP contribution in [0.4, 0.5) is 8.78 Å².